The third-order valence-electron chi connectivity index (χ3n) is 4.43. The molecular weight excluding hydrogens is 441 g/mol. The SMILES string of the molecule is CNC(=O)c1cccc(N(Cc2ccc(Cl)c(Cl)c2)C(=O)CC(=O)c2n[nH]c(C)n2)c1. The number of hydrogen-bond acceptors (Lipinski definition) is 5. The van der Waals surface area contributed by atoms with Crippen LogP contribution in [0.3, 0.4) is 0 Å². The van der Waals surface area contributed by atoms with Crippen molar-refractivity contribution in [1.29, 1.82) is 0 Å². The lowest BCUT2D eigenvalue weighted by molar-refractivity contribution is -0.117. The van der Waals surface area contributed by atoms with Gasteiger partial charge in [0.05, 0.1) is 23.0 Å². The van der Waals surface area contributed by atoms with Crippen LogP contribution in [0.5, 0.6) is 0 Å². The molecule has 2 aromatic carbocycles. The van der Waals surface area contributed by atoms with Crippen molar-refractivity contribution in [3.05, 3.63) is 75.3 Å². The van der Waals surface area contributed by atoms with Crippen LogP contribution in [0.1, 0.15) is 38.8 Å². The largest absolute Gasteiger partial charge is 0.355 e. The second kappa shape index (κ2) is 9.72. The molecule has 0 saturated heterocycles. The maximum absolute atomic E-state index is 13.1. The van der Waals surface area contributed by atoms with Crippen molar-refractivity contribution in [2.24, 2.45) is 0 Å². The standard InChI is InChI=1S/C21H19Cl2N5O3/c1-12-25-20(27-26-12)18(29)10-19(30)28(11-13-6-7-16(22)17(23)8-13)15-5-3-4-14(9-15)21(31)24-2/h3-9H,10-11H2,1-2H3,(H,24,31)(H,25,26,27). The van der Waals surface area contributed by atoms with Gasteiger partial charge in [0, 0.05) is 18.3 Å². The molecule has 0 aliphatic carbocycles. The van der Waals surface area contributed by atoms with E-state index in [2.05, 4.69) is 20.5 Å². The average Bonchev–Trinajstić information content (AvgIpc) is 3.20. The van der Waals surface area contributed by atoms with Gasteiger partial charge >= 0.3 is 0 Å². The van der Waals surface area contributed by atoms with E-state index in [0.29, 0.717) is 32.7 Å². The Balaban J connectivity index is 1.93. The molecule has 160 valence electrons. The van der Waals surface area contributed by atoms with Gasteiger partial charge in [0.1, 0.15) is 5.82 Å². The molecule has 0 aliphatic rings. The van der Waals surface area contributed by atoms with Crippen molar-refractivity contribution in [2.45, 2.75) is 19.9 Å². The number of amides is 2. The zero-order valence-corrected chi connectivity index (χ0v) is 18.3. The summed E-state index contributed by atoms with van der Waals surface area (Å²) in [6.07, 6.45) is -0.442. The summed E-state index contributed by atoms with van der Waals surface area (Å²) in [7, 11) is 1.52. The van der Waals surface area contributed by atoms with Crippen molar-refractivity contribution in [3.63, 3.8) is 0 Å². The van der Waals surface area contributed by atoms with Crippen LogP contribution in [0.25, 0.3) is 0 Å². The Kier molecular flexibility index (Phi) is 7.04. The number of aromatic nitrogens is 3. The van der Waals surface area contributed by atoms with Gasteiger partial charge in [0.15, 0.2) is 0 Å². The van der Waals surface area contributed by atoms with Crippen molar-refractivity contribution >= 4 is 46.5 Å². The quantitative estimate of drug-likeness (QED) is 0.414. The second-order valence-electron chi connectivity index (χ2n) is 6.70. The number of aryl methyl sites for hydroxylation is 1. The highest BCUT2D eigenvalue weighted by molar-refractivity contribution is 6.42. The summed E-state index contributed by atoms with van der Waals surface area (Å²) in [6, 6.07) is 11.6. The topological polar surface area (TPSA) is 108 Å². The molecule has 0 saturated carbocycles. The predicted octanol–water partition coefficient (Wildman–Crippen LogP) is 3.59. The number of anilines is 1. The fourth-order valence-electron chi connectivity index (χ4n) is 2.88. The molecule has 0 radical (unpaired) electrons. The van der Waals surface area contributed by atoms with Gasteiger partial charge in [-0.15, -0.1) is 0 Å². The zero-order valence-electron chi connectivity index (χ0n) is 16.8. The molecule has 1 heterocycles. The summed E-state index contributed by atoms with van der Waals surface area (Å²) in [5.41, 5.74) is 1.54. The van der Waals surface area contributed by atoms with E-state index in [0.717, 1.165) is 0 Å². The van der Waals surface area contributed by atoms with Crippen molar-refractivity contribution in [2.75, 3.05) is 11.9 Å². The molecule has 2 N–H and O–H groups in total. The van der Waals surface area contributed by atoms with Gasteiger partial charge in [-0.3, -0.25) is 19.5 Å². The number of hydrogen-bond donors (Lipinski definition) is 2. The molecule has 0 spiro atoms. The normalized spacial score (nSPS) is 10.6. The Morgan fingerprint density at radius 1 is 1.10 bits per heavy atom. The van der Waals surface area contributed by atoms with Crippen molar-refractivity contribution in [1.82, 2.24) is 20.5 Å². The summed E-state index contributed by atoms with van der Waals surface area (Å²) < 4.78 is 0. The number of halogens is 2. The number of rotatable bonds is 7. The zero-order chi connectivity index (χ0) is 22.5. The number of carbonyl (C=O) groups is 3. The summed E-state index contributed by atoms with van der Waals surface area (Å²) in [6.45, 7) is 1.78. The van der Waals surface area contributed by atoms with Crippen LogP contribution in [0, 0.1) is 6.92 Å². The molecule has 0 unspecified atom stereocenters. The van der Waals surface area contributed by atoms with Crippen LogP contribution < -0.4 is 10.2 Å². The van der Waals surface area contributed by atoms with E-state index < -0.39 is 18.1 Å². The molecule has 0 fully saturated rings. The van der Waals surface area contributed by atoms with Gasteiger partial charge < -0.3 is 10.2 Å². The molecule has 8 nitrogen and oxygen atoms in total. The Hall–Kier alpha value is -3.23. The monoisotopic (exact) mass is 459 g/mol. The maximum Gasteiger partial charge on any atom is 0.251 e. The minimum Gasteiger partial charge on any atom is -0.355 e. The van der Waals surface area contributed by atoms with Gasteiger partial charge in [-0.2, -0.15) is 5.10 Å². The summed E-state index contributed by atoms with van der Waals surface area (Å²) in [5, 5.41) is 9.68. The summed E-state index contributed by atoms with van der Waals surface area (Å²) >= 11 is 12.1. The highest BCUT2D eigenvalue weighted by atomic mass is 35.5. The van der Waals surface area contributed by atoms with Gasteiger partial charge in [-0.1, -0.05) is 35.3 Å². The number of benzene rings is 2. The van der Waals surface area contributed by atoms with Crippen LogP contribution in [-0.4, -0.2) is 39.8 Å². The Morgan fingerprint density at radius 2 is 1.87 bits per heavy atom. The molecule has 0 atom stereocenters. The van der Waals surface area contributed by atoms with E-state index in [-0.39, 0.29) is 18.3 Å². The number of carbonyl (C=O) groups excluding carboxylic acids is 3. The van der Waals surface area contributed by atoms with Crippen LogP contribution >= 0.6 is 23.2 Å². The van der Waals surface area contributed by atoms with Crippen molar-refractivity contribution in [3.8, 4) is 0 Å². The lowest BCUT2D eigenvalue weighted by Gasteiger charge is -2.23. The molecule has 0 bridgehead atoms. The number of ketones is 1. The van der Waals surface area contributed by atoms with Crippen LogP contribution in [0.2, 0.25) is 10.0 Å². The molecule has 0 aliphatic heterocycles. The molecule has 3 aromatic rings. The van der Waals surface area contributed by atoms with Gasteiger partial charge in [-0.25, -0.2) is 4.98 Å². The minimum absolute atomic E-state index is 0.0561. The number of nitrogens with one attached hydrogen (secondary N) is 2. The lowest BCUT2D eigenvalue weighted by Crippen LogP contribution is -2.32. The average molecular weight is 460 g/mol. The number of H-pyrrole nitrogens is 1. The number of aromatic amines is 1. The smallest absolute Gasteiger partial charge is 0.251 e. The number of Topliss-reactive ketones (excluding diaryl/α,β-unsaturated/α-hetero) is 1. The van der Waals surface area contributed by atoms with Crippen molar-refractivity contribution < 1.29 is 14.4 Å². The number of nitrogens with zero attached hydrogens (tertiary/aromatic N) is 3. The highest BCUT2D eigenvalue weighted by Gasteiger charge is 2.23. The second-order valence-corrected chi connectivity index (χ2v) is 7.52. The summed E-state index contributed by atoms with van der Waals surface area (Å²) in [4.78, 5) is 43.0. The predicted molar refractivity (Wildman–Crippen MR) is 118 cm³/mol. The third kappa shape index (κ3) is 5.48. The van der Waals surface area contributed by atoms with Crippen LogP contribution in [0.15, 0.2) is 42.5 Å². The molecule has 1 aromatic heterocycles. The Bertz CT molecular complexity index is 1150. The first kappa shape index (κ1) is 22.5. The minimum atomic E-state index is -0.518. The lowest BCUT2D eigenvalue weighted by atomic mass is 10.1. The Morgan fingerprint density at radius 3 is 2.52 bits per heavy atom. The van der Waals surface area contributed by atoms with E-state index in [1.165, 1.54) is 11.9 Å². The fourth-order valence-corrected chi connectivity index (χ4v) is 3.20. The molecule has 2 amide bonds. The van der Waals surface area contributed by atoms with Crippen LogP contribution in [-0.2, 0) is 11.3 Å². The van der Waals surface area contributed by atoms with Crippen LogP contribution in [0.4, 0.5) is 5.69 Å². The first-order chi connectivity index (χ1) is 14.8. The third-order valence-corrected chi connectivity index (χ3v) is 5.17. The summed E-state index contributed by atoms with van der Waals surface area (Å²) in [5.74, 6) is -0.874. The fraction of sp³-hybridized carbons (Fsp3) is 0.190. The van der Waals surface area contributed by atoms with Gasteiger partial charge in [-0.05, 0) is 42.8 Å². The highest BCUT2D eigenvalue weighted by Crippen LogP contribution is 2.26. The molecular formula is C21H19Cl2N5O3. The van der Waals surface area contributed by atoms with E-state index in [1.807, 2.05) is 0 Å². The maximum atomic E-state index is 13.1. The van der Waals surface area contributed by atoms with E-state index in [4.69, 9.17) is 23.2 Å². The first-order valence-corrected chi connectivity index (χ1v) is 10.0. The molecule has 31 heavy (non-hydrogen) atoms. The van der Waals surface area contributed by atoms with E-state index in [9.17, 15) is 14.4 Å². The molecule has 3 rings (SSSR count). The van der Waals surface area contributed by atoms with E-state index >= 15 is 0 Å². The first-order valence-electron chi connectivity index (χ1n) is 9.27. The van der Waals surface area contributed by atoms with Gasteiger partial charge in [0.2, 0.25) is 17.5 Å². The Labute approximate surface area is 188 Å². The van der Waals surface area contributed by atoms with E-state index in [1.54, 1.807) is 49.4 Å². The van der Waals surface area contributed by atoms with Gasteiger partial charge in [0.25, 0.3) is 5.91 Å². The molecule has 10 heteroatoms.